The molecule has 1 atom stereocenters. The van der Waals surface area contributed by atoms with Crippen LogP contribution >= 0.6 is 12.4 Å². The first-order valence-electron chi connectivity index (χ1n) is 7.07. The molecule has 1 N–H and O–H groups in total. The summed E-state index contributed by atoms with van der Waals surface area (Å²) in [5.74, 6) is 0.501. The van der Waals surface area contributed by atoms with Gasteiger partial charge in [0.15, 0.2) is 0 Å². The standard InChI is InChI=1S/C15H22F2N2O.ClH/c1-18-13-3-2-8-19(10-13)9-12-4-6-14(7-5-12)20-11-15(16)17;/h4-7,13,15,18H,2-3,8-11H2,1H3;1H. The van der Waals surface area contributed by atoms with Crippen molar-refractivity contribution in [2.24, 2.45) is 0 Å². The second kappa shape index (κ2) is 9.18. The number of nitrogens with one attached hydrogen (secondary N) is 1. The molecule has 0 amide bonds. The van der Waals surface area contributed by atoms with E-state index in [4.69, 9.17) is 4.74 Å². The molecule has 1 fully saturated rings. The largest absolute Gasteiger partial charge is 0.488 e. The molecule has 0 spiro atoms. The SMILES string of the molecule is CNC1CCCN(Cc2ccc(OCC(F)F)cc2)C1.Cl. The van der Waals surface area contributed by atoms with Gasteiger partial charge in [-0.15, -0.1) is 12.4 Å². The maximum atomic E-state index is 12.0. The van der Waals surface area contributed by atoms with Crippen molar-refractivity contribution in [3.05, 3.63) is 29.8 Å². The van der Waals surface area contributed by atoms with Crippen molar-refractivity contribution < 1.29 is 13.5 Å². The highest BCUT2D eigenvalue weighted by molar-refractivity contribution is 5.85. The minimum atomic E-state index is -2.43. The lowest BCUT2D eigenvalue weighted by atomic mass is 10.1. The number of likely N-dealkylation sites (N-methyl/N-ethyl adjacent to an activating group) is 1. The van der Waals surface area contributed by atoms with Gasteiger partial charge in [-0.05, 0) is 44.1 Å². The van der Waals surface area contributed by atoms with Crippen molar-refractivity contribution in [2.75, 3.05) is 26.7 Å². The summed E-state index contributed by atoms with van der Waals surface area (Å²) in [5.41, 5.74) is 1.19. The fourth-order valence-electron chi connectivity index (χ4n) is 2.54. The monoisotopic (exact) mass is 320 g/mol. The van der Waals surface area contributed by atoms with E-state index in [0.29, 0.717) is 11.8 Å². The molecule has 120 valence electrons. The van der Waals surface area contributed by atoms with Gasteiger partial charge in [0.1, 0.15) is 12.4 Å². The second-order valence-electron chi connectivity index (χ2n) is 5.21. The van der Waals surface area contributed by atoms with E-state index in [-0.39, 0.29) is 12.4 Å². The fraction of sp³-hybridized carbons (Fsp3) is 0.600. The van der Waals surface area contributed by atoms with E-state index < -0.39 is 13.0 Å². The van der Waals surface area contributed by atoms with Gasteiger partial charge in [0.2, 0.25) is 0 Å². The van der Waals surface area contributed by atoms with Gasteiger partial charge >= 0.3 is 0 Å². The van der Waals surface area contributed by atoms with Crippen LogP contribution in [0.3, 0.4) is 0 Å². The Kier molecular flexibility index (Phi) is 7.93. The van der Waals surface area contributed by atoms with E-state index >= 15 is 0 Å². The lowest BCUT2D eigenvalue weighted by molar-refractivity contribution is 0.0819. The number of nitrogens with zero attached hydrogens (tertiary/aromatic N) is 1. The summed E-state index contributed by atoms with van der Waals surface area (Å²) in [5, 5.41) is 3.32. The summed E-state index contributed by atoms with van der Waals surface area (Å²) < 4.78 is 29.1. The van der Waals surface area contributed by atoms with Crippen LogP contribution in [0.5, 0.6) is 5.75 Å². The first-order valence-corrected chi connectivity index (χ1v) is 7.07. The Morgan fingerprint density at radius 1 is 1.33 bits per heavy atom. The molecule has 1 aliphatic rings. The van der Waals surface area contributed by atoms with E-state index in [9.17, 15) is 8.78 Å². The van der Waals surface area contributed by atoms with Gasteiger partial charge in [-0.2, -0.15) is 0 Å². The van der Waals surface area contributed by atoms with Gasteiger partial charge < -0.3 is 10.1 Å². The van der Waals surface area contributed by atoms with Gasteiger partial charge in [-0.3, -0.25) is 4.90 Å². The number of likely N-dealkylation sites (tertiary alicyclic amines) is 1. The maximum Gasteiger partial charge on any atom is 0.272 e. The molecule has 1 heterocycles. The molecule has 21 heavy (non-hydrogen) atoms. The molecular weight excluding hydrogens is 298 g/mol. The molecular formula is C15H23ClF2N2O. The predicted octanol–water partition coefficient (Wildman–Crippen LogP) is 2.94. The van der Waals surface area contributed by atoms with Crippen LogP contribution in [0.1, 0.15) is 18.4 Å². The van der Waals surface area contributed by atoms with Gasteiger partial charge in [0, 0.05) is 19.1 Å². The minimum absolute atomic E-state index is 0. The number of halogens is 3. The maximum absolute atomic E-state index is 12.0. The molecule has 1 saturated heterocycles. The van der Waals surface area contributed by atoms with E-state index in [2.05, 4.69) is 10.2 Å². The van der Waals surface area contributed by atoms with Crippen molar-refractivity contribution in [2.45, 2.75) is 31.9 Å². The first-order chi connectivity index (χ1) is 9.67. The zero-order valence-corrected chi connectivity index (χ0v) is 13.0. The lowest BCUT2D eigenvalue weighted by Gasteiger charge is -2.32. The van der Waals surface area contributed by atoms with E-state index in [1.807, 2.05) is 19.2 Å². The molecule has 6 heteroatoms. The molecule has 1 aromatic rings. The quantitative estimate of drug-likeness (QED) is 0.872. The molecule has 0 saturated carbocycles. The van der Waals surface area contributed by atoms with E-state index in [1.165, 1.54) is 18.4 Å². The smallest absolute Gasteiger partial charge is 0.272 e. The Morgan fingerprint density at radius 3 is 2.67 bits per heavy atom. The number of hydrogen-bond acceptors (Lipinski definition) is 3. The van der Waals surface area contributed by atoms with Crippen LogP contribution in [0.2, 0.25) is 0 Å². The Hall–Kier alpha value is -0.910. The van der Waals surface area contributed by atoms with Gasteiger partial charge in [-0.1, -0.05) is 12.1 Å². The third-order valence-corrected chi connectivity index (χ3v) is 3.62. The predicted molar refractivity (Wildman–Crippen MR) is 82.5 cm³/mol. The molecule has 0 aromatic heterocycles. The molecule has 0 radical (unpaired) electrons. The molecule has 1 aromatic carbocycles. The summed E-state index contributed by atoms with van der Waals surface area (Å²) in [6.45, 7) is 2.52. The first kappa shape index (κ1) is 18.1. The van der Waals surface area contributed by atoms with Crippen LogP contribution in [0, 0.1) is 0 Å². The van der Waals surface area contributed by atoms with E-state index in [1.54, 1.807) is 12.1 Å². The Bertz CT molecular complexity index is 403. The van der Waals surface area contributed by atoms with Crippen molar-refractivity contribution in [1.29, 1.82) is 0 Å². The fourth-order valence-corrected chi connectivity index (χ4v) is 2.54. The molecule has 0 aliphatic carbocycles. The minimum Gasteiger partial charge on any atom is -0.488 e. The van der Waals surface area contributed by atoms with Crippen LogP contribution in [0.15, 0.2) is 24.3 Å². The normalized spacial score (nSPS) is 19.3. The highest BCUT2D eigenvalue weighted by Crippen LogP contribution is 2.17. The molecule has 1 unspecified atom stereocenters. The summed E-state index contributed by atoms with van der Waals surface area (Å²) in [7, 11) is 2.00. The number of ether oxygens (including phenoxy) is 1. The van der Waals surface area contributed by atoms with E-state index in [0.717, 1.165) is 19.6 Å². The van der Waals surface area contributed by atoms with Crippen LogP contribution in [0.4, 0.5) is 8.78 Å². The topological polar surface area (TPSA) is 24.5 Å². The third-order valence-electron chi connectivity index (χ3n) is 3.62. The van der Waals surface area contributed by atoms with Crippen molar-refractivity contribution in [3.63, 3.8) is 0 Å². The second-order valence-corrected chi connectivity index (χ2v) is 5.21. The zero-order chi connectivity index (χ0) is 14.4. The molecule has 3 nitrogen and oxygen atoms in total. The van der Waals surface area contributed by atoms with Gasteiger partial charge in [0.25, 0.3) is 6.43 Å². The molecule has 0 bridgehead atoms. The van der Waals surface area contributed by atoms with Crippen LogP contribution < -0.4 is 10.1 Å². The van der Waals surface area contributed by atoms with Crippen molar-refractivity contribution in [3.8, 4) is 5.75 Å². The summed E-state index contributed by atoms with van der Waals surface area (Å²) in [6.07, 6.45) is 0.00982. The summed E-state index contributed by atoms with van der Waals surface area (Å²) in [4.78, 5) is 2.42. The lowest BCUT2D eigenvalue weighted by Crippen LogP contribution is -2.43. The number of benzene rings is 1. The highest BCUT2D eigenvalue weighted by atomic mass is 35.5. The Labute approximate surface area is 131 Å². The molecule has 1 aliphatic heterocycles. The van der Waals surface area contributed by atoms with Crippen molar-refractivity contribution >= 4 is 12.4 Å². The number of alkyl halides is 2. The summed E-state index contributed by atoms with van der Waals surface area (Å²) in [6, 6.07) is 7.99. The zero-order valence-electron chi connectivity index (χ0n) is 12.2. The number of hydrogen-bond donors (Lipinski definition) is 1. The van der Waals surface area contributed by atoms with Crippen molar-refractivity contribution in [1.82, 2.24) is 10.2 Å². The van der Waals surface area contributed by atoms with Crippen LogP contribution in [0.25, 0.3) is 0 Å². The number of rotatable bonds is 6. The highest BCUT2D eigenvalue weighted by Gasteiger charge is 2.18. The third kappa shape index (κ3) is 6.16. The average Bonchev–Trinajstić information content (AvgIpc) is 2.47. The Morgan fingerprint density at radius 2 is 2.05 bits per heavy atom. The van der Waals surface area contributed by atoms with Crippen LogP contribution in [-0.2, 0) is 6.54 Å². The molecule has 2 rings (SSSR count). The Balaban J connectivity index is 0.00000220. The summed E-state index contributed by atoms with van der Waals surface area (Å²) >= 11 is 0. The van der Waals surface area contributed by atoms with Crippen LogP contribution in [-0.4, -0.2) is 44.1 Å². The number of piperidine rings is 1. The average molecular weight is 321 g/mol. The van der Waals surface area contributed by atoms with Gasteiger partial charge in [-0.25, -0.2) is 8.78 Å². The van der Waals surface area contributed by atoms with Gasteiger partial charge in [0.05, 0.1) is 0 Å².